The number of hydrogen-bond acceptors (Lipinski definition) is 1. The Hall–Kier alpha value is -3.40. The lowest BCUT2D eigenvalue weighted by molar-refractivity contribution is -0.000603. The molecule has 3 nitrogen and oxygen atoms in total. The highest BCUT2D eigenvalue weighted by Crippen LogP contribution is 2.55. The van der Waals surface area contributed by atoms with E-state index in [1.807, 2.05) is 29.0 Å². The molecule has 6 rings (SSSR count). The molecule has 2 fully saturated rings. The molecule has 4 heteroatoms. The van der Waals surface area contributed by atoms with E-state index in [2.05, 4.69) is 48.6 Å². The third kappa shape index (κ3) is 3.53. The van der Waals surface area contributed by atoms with Crippen LogP contribution in [0.4, 0.5) is 4.39 Å². The van der Waals surface area contributed by atoms with Gasteiger partial charge in [-0.3, -0.25) is 4.79 Å². The Morgan fingerprint density at radius 1 is 0.971 bits per heavy atom. The van der Waals surface area contributed by atoms with Crippen LogP contribution in [0.25, 0.3) is 22.0 Å². The van der Waals surface area contributed by atoms with E-state index >= 15 is 0 Å². The van der Waals surface area contributed by atoms with Crippen molar-refractivity contribution in [2.45, 2.75) is 51.1 Å². The highest BCUT2D eigenvalue weighted by molar-refractivity contribution is 6.06. The maximum atomic E-state index is 14.7. The highest BCUT2D eigenvalue weighted by atomic mass is 19.1. The molecule has 0 bridgehead atoms. The maximum absolute atomic E-state index is 14.7. The summed E-state index contributed by atoms with van der Waals surface area (Å²) in [6.45, 7) is 2.09. The van der Waals surface area contributed by atoms with Crippen molar-refractivity contribution < 1.29 is 9.18 Å². The summed E-state index contributed by atoms with van der Waals surface area (Å²) in [7, 11) is 0. The van der Waals surface area contributed by atoms with Gasteiger partial charge in [-0.25, -0.2) is 4.39 Å². The van der Waals surface area contributed by atoms with Crippen molar-refractivity contribution in [1.29, 1.82) is 0 Å². The predicted molar refractivity (Wildman–Crippen MR) is 134 cm³/mol. The second-order valence-electron chi connectivity index (χ2n) is 10.2. The van der Waals surface area contributed by atoms with Crippen molar-refractivity contribution in [3.63, 3.8) is 0 Å². The fourth-order valence-corrected chi connectivity index (χ4v) is 5.94. The molecule has 1 amide bonds. The van der Waals surface area contributed by atoms with E-state index in [-0.39, 0.29) is 23.8 Å². The Labute approximate surface area is 199 Å². The van der Waals surface area contributed by atoms with Crippen molar-refractivity contribution >= 4 is 16.8 Å². The van der Waals surface area contributed by atoms with Crippen LogP contribution in [0.2, 0.25) is 0 Å². The van der Waals surface area contributed by atoms with Crippen LogP contribution in [0.1, 0.15) is 61.0 Å². The number of nitrogens with zero attached hydrogens (tertiary/aromatic N) is 1. The van der Waals surface area contributed by atoms with Gasteiger partial charge in [0.05, 0.1) is 17.1 Å². The topological polar surface area (TPSA) is 34.0 Å². The van der Waals surface area contributed by atoms with Crippen LogP contribution in [-0.4, -0.2) is 16.5 Å². The molecule has 2 aliphatic rings. The lowest BCUT2D eigenvalue weighted by Crippen LogP contribution is -2.53. The van der Waals surface area contributed by atoms with Crippen molar-refractivity contribution in [3.05, 3.63) is 95.9 Å². The molecule has 34 heavy (non-hydrogen) atoms. The van der Waals surface area contributed by atoms with Gasteiger partial charge >= 0.3 is 0 Å². The van der Waals surface area contributed by atoms with E-state index in [1.54, 1.807) is 12.1 Å². The Morgan fingerprint density at radius 2 is 1.68 bits per heavy atom. The van der Waals surface area contributed by atoms with Gasteiger partial charge < -0.3 is 9.88 Å². The molecule has 0 aliphatic heterocycles. The fourth-order valence-electron chi connectivity index (χ4n) is 5.94. The Morgan fingerprint density at radius 3 is 2.35 bits per heavy atom. The summed E-state index contributed by atoms with van der Waals surface area (Å²) in [5, 5.41) is 3.70. The van der Waals surface area contributed by atoms with Crippen molar-refractivity contribution in [2.24, 2.45) is 5.41 Å². The van der Waals surface area contributed by atoms with Gasteiger partial charge in [-0.15, -0.1) is 0 Å². The molecule has 0 radical (unpaired) electrons. The highest BCUT2D eigenvalue weighted by Gasteiger charge is 2.48. The lowest BCUT2D eigenvalue weighted by Gasteiger charge is -2.54. The Balaban J connectivity index is 1.29. The number of fused-ring (bicyclic) bond motifs is 1. The van der Waals surface area contributed by atoms with Crippen LogP contribution in [0.5, 0.6) is 0 Å². The van der Waals surface area contributed by atoms with E-state index in [0.717, 1.165) is 24.0 Å². The average molecular weight is 453 g/mol. The second kappa shape index (κ2) is 8.12. The summed E-state index contributed by atoms with van der Waals surface area (Å²) in [6.07, 6.45) is 7.96. The number of halogens is 1. The number of rotatable bonds is 5. The minimum atomic E-state index is -0.297. The summed E-state index contributed by atoms with van der Waals surface area (Å²) in [6, 6.07) is 23.8. The number of carbonyl (C=O) groups is 1. The first kappa shape index (κ1) is 21.2. The molecule has 1 aromatic heterocycles. The Kier molecular flexibility index (Phi) is 5.05. The first-order valence-corrected chi connectivity index (χ1v) is 12.3. The number of hydrogen-bond donors (Lipinski definition) is 1. The molecule has 2 aliphatic carbocycles. The van der Waals surface area contributed by atoms with Crippen LogP contribution in [0.15, 0.2) is 79.0 Å². The molecule has 1 heterocycles. The second-order valence-corrected chi connectivity index (χ2v) is 10.2. The Bertz CT molecular complexity index is 1340. The standard InChI is InChI=1S/C30H29FN2O/c1-20(21-8-10-23(11-9-21)22-6-3-2-4-7-22)33-17-14-25-27(31)13-12-26(28(25)33)29(34)32-24-18-30(19-24)15-5-16-30/h2-4,6-14,17,20,24H,5,15-16,18-19H2,1H3,(H,32,34). The average Bonchev–Trinajstić information content (AvgIpc) is 3.26. The quantitative estimate of drug-likeness (QED) is 0.344. The first-order valence-electron chi connectivity index (χ1n) is 12.3. The monoisotopic (exact) mass is 452 g/mol. The zero-order chi connectivity index (χ0) is 23.3. The van der Waals surface area contributed by atoms with Crippen LogP contribution in [0, 0.1) is 11.2 Å². The van der Waals surface area contributed by atoms with E-state index in [0.29, 0.717) is 21.9 Å². The van der Waals surface area contributed by atoms with Gasteiger partial charge in [-0.05, 0) is 72.9 Å². The summed E-state index contributed by atoms with van der Waals surface area (Å²) in [5.74, 6) is -0.398. The molecule has 172 valence electrons. The van der Waals surface area contributed by atoms with Crippen LogP contribution < -0.4 is 5.32 Å². The van der Waals surface area contributed by atoms with Crippen LogP contribution in [-0.2, 0) is 0 Å². The lowest BCUT2D eigenvalue weighted by atomic mass is 9.54. The summed E-state index contributed by atoms with van der Waals surface area (Å²) < 4.78 is 16.7. The van der Waals surface area contributed by atoms with Gasteiger partial charge in [0, 0.05) is 17.6 Å². The molecular weight excluding hydrogens is 423 g/mol. The van der Waals surface area contributed by atoms with Crippen molar-refractivity contribution in [3.8, 4) is 11.1 Å². The largest absolute Gasteiger partial charge is 0.349 e. The third-order valence-corrected chi connectivity index (χ3v) is 8.09. The minimum absolute atomic E-state index is 0.0439. The van der Waals surface area contributed by atoms with Crippen LogP contribution in [0.3, 0.4) is 0 Å². The van der Waals surface area contributed by atoms with E-state index < -0.39 is 0 Å². The number of amides is 1. The molecule has 0 saturated heterocycles. The zero-order valence-electron chi connectivity index (χ0n) is 19.4. The summed E-state index contributed by atoms with van der Waals surface area (Å²) in [4.78, 5) is 13.3. The molecular formula is C30H29FN2O. The van der Waals surface area contributed by atoms with E-state index in [1.165, 1.54) is 30.9 Å². The van der Waals surface area contributed by atoms with Gasteiger partial charge in [0.1, 0.15) is 5.82 Å². The van der Waals surface area contributed by atoms with Gasteiger partial charge in [-0.1, -0.05) is 61.0 Å². The first-order chi connectivity index (χ1) is 16.5. The fraction of sp³-hybridized carbons (Fsp3) is 0.300. The van der Waals surface area contributed by atoms with E-state index in [4.69, 9.17) is 0 Å². The van der Waals surface area contributed by atoms with E-state index in [9.17, 15) is 9.18 Å². The van der Waals surface area contributed by atoms with Gasteiger partial charge in [0.2, 0.25) is 0 Å². The normalized spacial score (nSPS) is 17.8. The predicted octanol–water partition coefficient (Wildman–Crippen LogP) is 7.12. The molecule has 1 N–H and O–H groups in total. The number of carbonyl (C=O) groups excluding carboxylic acids is 1. The molecule has 1 unspecified atom stereocenters. The molecule has 4 aromatic rings. The molecule has 2 saturated carbocycles. The van der Waals surface area contributed by atoms with Crippen molar-refractivity contribution in [2.75, 3.05) is 0 Å². The van der Waals surface area contributed by atoms with Crippen molar-refractivity contribution in [1.82, 2.24) is 9.88 Å². The van der Waals surface area contributed by atoms with Gasteiger partial charge in [0.15, 0.2) is 0 Å². The molecule has 3 aromatic carbocycles. The molecule has 1 atom stereocenters. The number of benzene rings is 3. The maximum Gasteiger partial charge on any atom is 0.253 e. The van der Waals surface area contributed by atoms with Gasteiger partial charge in [0.25, 0.3) is 5.91 Å². The SMILES string of the molecule is CC(c1ccc(-c2ccccc2)cc1)n1ccc2c(F)ccc(C(=O)NC3CC4(CCC4)C3)c21. The minimum Gasteiger partial charge on any atom is -0.349 e. The smallest absolute Gasteiger partial charge is 0.253 e. The van der Waals surface area contributed by atoms with Gasteiger partial charge in [-0.2, -0.15) is 0 Å². The summed E-state index contributed by atoms with van der Waals surface area (Å²) >= 11 is 0. The zero-order valence-corrected chi connectivity index (χ0v) is 19.4. The van der Waals surface area contributed by atoms with Crippen LogP contribution >= 0.6 is 0 Å². The number of aromatic nitrogens is 1. The summed E-state index contributed by atoms with van der Waals surface area (Å²) in [5.41, 5.74) is 5.15. The molecule has 1 spiro atoms. The third-order valence-electron chi connectivity index (χ3n) is 8.09. The number of nitrogens with one attached hydrogen (secondary N) is 1.